The van der Waals surface area contributed by atoms with Gasteiger partial charge in [0.2, 0.25) is 0 Å². The predicted molar refractivity (Wildman–Crippen MR) is 141 cm³/mol. The molecule has 4 nitrogen and oxygen atoms in total. The Morgan fingerprint density at radius 3 is 2.00 bits per heavy atom. The van der Waals surface area contributed by atoms with Crippen LogP contribution in [0.4, 0.5) is 0 Å². The van der Waals surface area contributed by atoms with Crippen molar-refractivity contribution in [3.63, 3.8) is 0 Å². The molecule has 0 bridgehead atoms. The van der Waals surface area contributed by atoms with Crippen LogP contribution >= 0.6 is 0 Å². The zero-order valence-corrected chi connectivity index (χ0v) is 22.6. The topological polar surface area (TPSA) is 58.9 Å². The summed E-state index contributed by atoms with van der Waals surface area (Å²) in [5.74, 6) is -0.0162. The maximum atomic E-state index is 10.2. The standard InChI is InChI=1S/C30H46O4/c1-21(11-9-13-22(2)15-17-25-20-26(31)19-24(4)28(25)32)12-10-14-23(3)16-18-27-29(5,6)34-30(7,8)33-27/h11,14-15,19-20,27,31-32H,9-10,12-13,16-18H2,1-8H3/b21-11+,22-15+,23-14+/t27-/m1/s1. The van der Waals surface area contributed by atoms with Crippen LogP contribution in [0, 0.1) is 6.92 Å². The van der Waals surface area contributed by atoms with Gasteiger partial charge in [0.05, 0.1) is 11.7 Å². The number of allylic oxidation sites excluding steroid dienone is 6. The number of hydrogen-bond acceptors (Lipinski definition) is 4. The van der Waals surface area contributed by atoms with E-state index >= 15 is 0 Å². The smallest absolute Gasteiger partial charge is 0.164 e. The summed E-state index contributed by atoms with van der Waals surface area (Å²) in [4.78, 5) is 0. The molecule has 1 aliphatic heterocycles. The molecule has 0 aromatic heterocycles. The van der Waals surface area contributed by atoms with Crippen molar-refractivity contribution in [3.8, 4) is 11.5 Å². The lowest BCUT2D eigenvalue weighted by atomic mass is 9.95. The van der Waals surface area contributed by atoms with Crippen molar-refractivity contribution in [2.45, 2.75) is 118 Å². The fourth-order valence-corrected chi connectivity index (χ4v) is 4.64. The Labute approximate surface area is 207 Å². The van der Waals surface area contributed by atoms with Gasteiger partial charge in [0, 0.05) is 5.56 Å². The highest BCUT2D eigenvalue weighted by Crippen LogP contribution is 2.38. The zero-order chi connectivity index (χ0) is 25.5. The summed E-state index contributed by atoms with van der Waals surface area (Å²) >= 11 is 0. The number of phenols is 2. The summed E-state index contributed by atoms with van der Waals surface area (Å²) in [6.45, 7) is 16.6. The van der Waals surface area contributed by atoms with Crippen LogP contribution in [0.2, 0.25) is 0 Å². The number of ether oxygens (including phenoxy) is 2. The number of benzene rings is 1. The van der Waals surface area contributed by atoms with Crippen molar-refractivity contribution >= 4 is 0 Å². The highest BCUT2D eigenvalue weighted by Gasteiger charge is 2.46. The minimum absolute atomic E-state index is 0.129. The molecular weight excluding hydrogens is 424 g/mol. The Hall–Kier alpha value is -2.04. The molecule has 1 aliphatic rings. The molecule has 0 unspecified atom stereocenters. The largest absolute Gasteiger partial charge is 0.508 e. The lowest BCUT2D eigenvalue weighted by Crippen LogP contribution is -2.33. The average molecular weight is 471 g/mol. The third kappa shape index (κ3) is 8.96. The van der Waals surface area contributed by atoms with Gasteiger partial charge in [0.15, 0.2) is 5.79 Å². The van der Waals surface area contributed by atoms with Gasteiger partial charge in [0.1, 0.15) is 11.5 Å². The Morgan fingerprint density at radius 2 is 1.44 bits per heavy atom. The SMILES string of the molecule is C/C(=C\CC/C(C)=C/Cc1cc(O)cc(C)c1O)CC/C=C(\C)CC[C@H]1OC(C)(C)OC1(C)C. The molecule has 1 aromatic carbocycles. The second kappa shape index (κ2) is 12.1. The van der Waals surface area contributed by atoms with E-state index in [1.807, 2.05) is 13.8 Å². The summed E-state index contributed by atoms with van der Waals surface area (Å²) in [5.41, 5.74) is 5.37. The van der Waals surface area contributed by atoms with Crippen molar-refractivity contribution < 1.29 is 19.7 Å². The minimum Gasteiger partial charge on any atom is -0.508 e. The molecule has 1 heterocycles. The summed E-state index contributed by atoms with van der Waals surface area (Å²) in [7, 11) is 0. The second-order valence-electron chi connectivity index (χ2n) is 11.0. The van der Waals surface area contributed by atoms with Crippen LogP contribution in [0.3, 0.4) is 0 Å². The van der Waals surface area contributed by atoms with Gasteiger partial charge in [-0.2, -0.15) is 0 Å². The third-order valence-corrected chi connectivity index (χ3v) is 6.61. The Kier molecular flexibility index (Phi) is 10.0. The van der Waals surface area contributed by atoms with Gasteiger partial charge < -0.3 is 19.7 Å². The molecule has 0 saturated carbocycles. The number of phenolic OH excluding ortho intramolecular Hbond substituents is 2. The van der Waals surface area contributed by atoms with Crippen LogP contribution < -0.4 is 0 Å². The summed E-state index contributed by atoms with van der Waals surface area (Å²) in [6, 6.07) is 3.22. The van der Waals surface area contributed by atoms with E-state index < -0.39 is 5.79 Å². The van der Waals surface area contributed by atoms with E-state index in [0.29, 0.717) is 12.0 Å². The fourth-order valence-electron chi connectivity index (χ4n) is 4.64. The summed E-state index contributed by atoms with van der Waals surface area (Å²) < 4.78 is 12.1. The Balaban J connectivity index is 1.72. The van der Waals surface area contributed by atoms with E-state index in [1.54, 1.807) is 19.1 Å². The molecule has 1 atom stereocenters. The van der Waals surface area contributed by atoms with Gasteiger partial charge in [-0.05, 0) is 118 Å². The average Bonchev–Trinajstić information content (AvgIpc) is 2.94. The van der Waals surface area contributed by atoms with Gasteiger partial charge in [-0.1, -0.05) is 34.9 Å². The maximum Gasteiger partial charge on any atom is 0.164 e. The van der Waals surface area contributed by atoms with Crippen molar-refractivity contribution in [3.05, 3.63) is 58.2 Å². The van der Waals surface area contributed by atoms with Crippen molar-refractivity contribution in [2.75, 3.05) is 0 Å². The molecule has 0 radical (unpaired) electrons. The van der Waals surface area contributed by atoms with Crippen molar-refractivity contribution in [1.29, 1.82) is 0 Å². The highest BCUT2D eigenvalue weighted by molar-refractivity contribution is 5.46. The minimum atomic E-state index is -0.493. The van der Waals surface area contributed by atoms with Crippen LogP contribution in [-0.4, -0.2) is 27.7 Å². The molecule has 1 saturated heterocycles. The van der Waals surface area contributed by atoms with Gasteiger partial charge >= 0.3 is 0 Å². The maximum absolute atomic E-state index is 10.2. The summed E-state index contributed by atoms with van der Waals surface area (Å²) in [5, 5.41) is 19.9. The van der Waals surface area contributed by atoms with E-state index in [4.69, 9.17) is 9.47 Å². The second-order valence-corrected chi connectivity index (χ2v) is 11.0. The van der Waals surface area contributed by atoms with Crippen molar-refractivity contribution in [2.24, 2.45) is 0 Å². The van der Waals surface area contributed by atoms with Crippen LogP contribution in [-0.2, 0) is 15.9 Å². The van der Waals surface area contributed by atoms with Crippen LogP contribution in [0.5, 0.6) is 11.5 Å². The first-order valence-corrected chi connectivity index (χ1v) is 12.7. The lowest BCUT2D eigenvalue weighted by molar-refractivity contribution is -0.157. The normalized spacial score (nSPS) is 20.7. The molecule has 190 valence electrons. The van der Waals surface area contributed by atoms with E-state index in [-0.39, 0.29) is 23.2 Å². The first-order valence-electron chi connectivity index (χ1n) is 12.7. The van der Waals surface area contributed by atoms with Gasteiger partial charge in [-0.25, -0.2) is 0 Å². The fraction of sp³-hybridized carbons (Fsp3) is 0.600. The molecular formula is C30H46O4. The van der Waals surface area contributed by atoms with Gasteiger partial charge in [-0.15, -0.1) is 0 Å². The van der Waals surface area contributed by atoms with Crippen LogP contribution in [0.1, 0.15) is 98.1 Å². The number of rotatable bonds is 11. The third-order valence-electron chi connectivity index (χ3n) is 6.61. The first-order chi connectivity index (χ1) is 15.8. The molecule has 2 rings (SSSR count). The van der Waals surface area contributed by atoms with E-state index in [0.717, 1.165) is 44.1 Å². The molecule has 0 amide bonds. The molecule has 1 fully saturated rings. The lowest BCUT2D eigenvalue weighted by Gasteiger charge is -2.24. The number of hydrogen-bond donors (Lipinski definition) is 2. The quantitative estimate of drug-likeness (QED) is 0.254. The molecule has 2 N–H and O–H groups in total. The van der Waals surface area contributed by atoms with Crippen LogP contribution in [0.25, 0.3) is 0 Å². The predicted octanol–water partition coefficient (Wildman–Crippen LogP) is 8.06. The first kappa shape index (κ1) is 28.2. The van der Waals surface area contributed by atoms with E-state index in [2.05, 4.69) is 52.8 Å². The van der Waals surface area contributed by atoms with Gasteiger partial charge in [0.25, 0.3) is 0 Å². The monoisotopic (exact) mass is 470 g/mol. The Morgan fingerprint density at radius 1 is 0.882 bits per heavy atom. The van der Waals surface area contributed by atoms with Gasteiger partial charge in [-0.3, -0.25) is 0 Å². The molecule has 0 spiro atoms. The molecule has 0 aliphatic carbocycles. The molecule has 1 aromatic rings. The summed E-state index contributed by atoms with van der Waals surface area (Å²) in [6.07, 6.45) is 13.8. The highest BCUT2D eigenvalue weighted by atomic mass is 16.8. The van der Waals surface area contributed by atoms with E-state index in [9.17, 15) is 10.2 Å². The number of aryl methyl sites for hydroxylation is 1. The van der Waals surface area contributed by atoms with Crippen molar-refractivity contribution in [1.82, 2.24) is 0 Å². The molecule has 34 heavy (non-hydrogen) atoms. The number of aromatic hydroxyl groups is 2. The van der Waals surface area contributed by atoms with E-state index in [1.165, 1.54) is 16.7 Å². The molecule has 4 heteroatoms. The Bertz CT molecular complexity index is 918. The zero-order valence-electron chi connectivity index (χ0n) is 22.6. The van der Waals surface area contributed by atoms with Crippen LogP contribution in [0.15, 0.2) is 47.1 Å².